The minimum absolute atomic E-state index is 0.634. The quantitative estimate of drug-likeness (QED) is 0.208. The zero-order chi connectivity index (χ0) is 21.4. The molecule has 31 heavy (non-hydrogen) atoms. The van der Waals surface area contributed by atoms with Crippen LogP contribution in [0.25, 0.3) is 0 Å². The Hall–Kier alpha value is -3.22. The van der Waals surface area contributed by atoms with E-state index in [0.717, 1.165) is 24.6 Å². The number of aldehydes is 1. The molecular weight excluding hydrogens is 399 g/mol. The van der Waals surface area contributed by atoms with Crippen LogP contribution < -0.4 is 20.7 Å². The van der Waals surface area contributed by atoms with Gasteiger partial charge in [0.15, 0.2) is 0 Å². The Kier molecular flexibility index (Phi) is 6.92. The maximum Gasteiger partial charge on any atom is 0.150 e. The topological polar surface area (TPSA) is 26.3 Å². The minimum atomic E-state index is -1.81. The summed E-state index contributed by atoms with van der Waals surface area (Å²) in [5, 5.41) is 4.17. The second-order valence-corrected chi connectivity index (χ2v) is 11.0. The van der Waals surface area contributed by atoms with Gasteiger partial charge in [-0.15, -0.1) is 0 Å². The highest BCUT2D eigenvalue weighted by Gasteiger charge is 2.44. The van der Waals surface area contributed by atoms with E-state index in [1.165, 1.54) is 15.9 Å². The van der Waals surface area contributed by atoms with Crippen LogP contribution in [-0.2, 0) is 0 Å². The fraction of sp³-hybridized carbons (Fsp3) is 0.107. The minimum Gasteiger partial charge on any atom is -0.493 e. The standard InChI is InChI=1S/C28H26O2P/c29-23-24-17-19-25(20-18-24)30-21-10-22-31(26-11-4-1-5-12-26,27-13-6-2-7-14-27)28-15-8-3-9-16-28/h1-9,11-20,23H,10,21-22H2/q+1. The van der Waals surface area contributed by atoms with E-state index in [-0.39, 0.29) is 0 Å². The highest BCUT2D eigenvalue weighted by Crippen LogP contribution is 2.55. The van der Waals surface area contributed by atoms with Gasteiger partial charge in [0.25, 0.3) is 0 Å². The lowest BCUT2D eigenvalue weighted by Gasteiger charge is -2.27. The lowest BCUT2D eigenvalue weighted by molar-refractivity contribution is 0.112. The molecule has 0 spiro atoms. The number of carbonyl (C=O) groups excluding carboxylic acids is 1. The molecule has 2 nitrogen and oxygen atoms in total. The van der Waals surface area contributed by atoms with E-state index in [2.05, 4.69) is 91.0 Å². The normalized spacial score (nSPS) is 11.1. The monoisotopic (exact) mass is 425 g/mol. The third-order valence-electron chi connectivity index (χ3n) is 5.51. The highest BCUT2D eigenvalue weighted by atomic mass is 31.2. The molecule has 0 aliphatic carbocycles. The molecule has 0 aliphatic rings. The van der Waals surface area contributed by atoms with Crippen molar-refractivity contribution in [3.05, 3.63) is 121 Å². The Balaban J connectivity index is 1.64. The van der Waals surface area contributed by atoms with Crippen molar-refractivity contribution < 1.29 is 9.53 Å². The second-order valence-electron chi connectivity index (χ2n) is 7.43. The zero-order valence-corrected chi connectivity index (χ0v) is 18.3. The Bertz CT molecular complexity index is 982. The van der Waals surface area contributed by atoms with Gasteiger partial charge in [-0.05, 0) is 60.7 Å². The van der Waals surface area contributed by atoms with Crippen molar-refractivity contribution >= 4 is 29.5 Å². The summed E-state index contributed by atoms with van der Waals surface area (Å²) in [5.41, 5.74) is 0.662. The lowest BCUT2D eigenvalue weighted by atomic mass is 10.2. The Morgan fingerprint density at radius 3 is 1.48 bits per heavy atom. The maximum absolute atomic E-state index is 10.9. The van der Waals surface area contributed by atoms with E-state index < -0.39 is 7.26 Å². The van der Waals surface area contributed by atoms with E-state index in [1.807, 2.05) is 12.1 Å². The van der Waals surface area contributed by atoms with Gasteiger partial charge in [0.1, 0.15) is 35.2 Å². The summed E-state index contributed by atoms with van der Waals surface area (Å²) < 4.78 is 6.01. The van der Waals surface area contributed by atoms with Crippen LogP contribution in [0.2, 0.25) is 0 Å². The van der Waals surface area contributed by atoms with Crippen LogP contribution in [0.4, 0.5) is 0 Å². The van der Waals surface area contributed by atoms with Gasteiger partial charge < -0.3 is 4.74 Å². The molecule has 4 rings (SSSR count). The summed E-state index contributed by atoms with van der Waals surface area (Å²) in [4.78, 5) is 10.9. The van der Waals surface area contributed by atoms with Crippen LogP contribution in [0, 0.1) is 0 Å². The van der Waals surface area contributed by atoms with Crippen molar-refractivity contribution in [3.8, 4) is 5.75 Å². The number of ether oxygens (including phenoxy) is 1. The average Bonchev–Trinajstić information content (AvgIpc) is 2.86. The van der Waals surface area contributed by atoms with Gasteiger partial charge >= 0.3 is 0 Å². The van der Waals surface area contributed by atoms with Gasteiger partial charge in [0.2, 0.25) is 0 Å². The van der Waals surface area contributed by atoms with Gasteiger partial charge in [-0.3, -0.25) is 4.79 Å². The number of carbonyl (C=O) groups is 1. The fourth-order valence-corrected chi connectivity index (χ4v) is 8.33. The van der Waals surface area contributed by atoms with Gasteiger partial charge in [0, 0.05) is 12.0 Å². The lowest BCUT2D eigenvalue weighted by Crippen LogP contribution is -2.33. The van der Waals surface area contributed by atoms with Gasteiger partial charge in [-0.1, -0.05) is 54.6 Å². The van der Waals surface area contributed by atoms with Gasteiger partial charge in [-0.2, -0.15) is 0 Å². The molecule has 0 saturated carbocycles. The van der Waals surface area contributed by atoms with Crippen molar-refractivity contribution in [3.63, 3.8) is 0 Å². The molecule has 0 amide bonds. The summed E-state index contributed by atoms with van der Waals surface area (Å²) in [5.74, 6) is 0.800. The molecule has 0 heterocycles. The van der Waals surface area contributed by atoms with Crippen LogP contribution in [0.1, 0.15) is 16.8 Å². The molecule has 4 aromatic carbocycles. The molecule has 3 heteroatoms. The van der Waals surface area contributed by atoms with E-state index in [4.69, 9.17) is 4.74 Å². The summed E-state index contributed by atoms with van der Waals surface area (Å²) in [6.45, 7) is 0.634. The van der Waals surface area contributed by atoms with Crippen molar-refractivity contribution in [1.82, 2.24) is 0 Å². The second kappa shape index (κ2) is 10.2. The summed E-state index contributed by atoms with van der Waals surface area (Å²) >= 11 is 0. The Morgan fingerprint density at radius 1 is 0.613 bits per heavy atom. The first-order chi connectivity index (χ1) is 15.3. The third-order valence-corrected chi connectivity index (χ3v) is 10.0. The highest BCUT2D eigenvalue weighted by molar-refractivity contribution is 7.95. The van der Waals surface area contributed by atoms with Crippen molar-refractivity contribution in [2.45, 2.75) is 6.42 Å². The average molecular weight is 425 g/mol. The van der Waals surface area contributed by atoms with Crippen LogP contribution >= 0.6 is 7.26 Å². The molecule has 0 atom stereocenters. The molecule has 0 fully saturated rings. The van der Waals surface area contributed by atoms with Gasteiger partial charge in [-0.25, -0.2) is 0 Å². The number of benzene rings is 4. The molecular formula is C28H26O2P+. The molecule has 0 aromatic heterocycles. The van der Waals surface area contributed by atoms with E-state index in [1.54, 1.807) is 12.1 Å². The van der Waals surface area contributed by atoms with Crippen LogP contribution in [0.15, 0.2) is 115 Å². The third kappa shape index (κ3) is 4.76. The number of hydrogen-bond acceptors (Lipinski definition) is 2. The van der Waals surface area contributed by atoms with E-state index in [0.29, 0.717) is 12.2 Å². The first-order valence-corrected chi connectivity index (χ1v) is 12.5. The van der Waals surface area contributed by atoms with Crippen LogP contribution in [0.5, 0.6) is 5.75 Å². The predicted molar refractivity (Wildman–Crippen MR) is 132 cm³/mol. The molecule has 0 bridgehead atoms. The molecule has 0 N–H and O–H groups in total. The van der Waals surface area contributed by atoms with Gasteiger partial charge in [0.05, 0.1) is 12.8 Å². The molecule has 154 valence electrons. The Morgan fingerprint density at radius 2 is 1.06 bits per heavy atom. The molecule has 0 aliphatic heterocycles. The van der Waals surface area contributed by atoms with Crippen LogP contribution in [-0.4, -0.2) is 19.1 Å². The largest absolute Gasteiger partial charge is 0.493 e. The fourth-order valence-electron chi connectivity index (χ4n) is 4.02. The molecule has 4 aromatic rings. The van der Waals surface area contributed by atoms with Crippen molar-refractivity contribution in [2.24, 2.45) is 0 Å². The number of hydrogen-bond donors (Lipinski definition) is 0. The van der Waals surface area contributed by atoms with Crippen LogP contribution in [0.3, 0.4) is 0 Å². The molecule has 0 unspecified atom stereocenters. The predicted octanol–water partition coefficient (Wildman–Crippen LogP) is 5.26. The van der Waals surface area contributed by atoms with Crippen molar-refractivity contribution in [1.29, 1.82) is 0 Å². The number of rotatable bonds is 9. The summed E-state index contributed by atoms with van der Waals surface area (Å²) in [6, 6.07) is 40.0. The first-order valence-electron chi connectivity index (χ1n) is 10.6. The molecule has 0 radical (unpaired) electrons. The van der Waals surface area contributed by atoms with E-state index >= 15 is 0 Å². The smallest absolute Gasteiger partial charge is 0.150 e. The van der Waals surface area contributed by atoms with E-state index in [9.17, 15) is 4.79 Å². The Labute approximate surface area is 184 Å². The maximum atomic E-state index is 10.9. The SMILES string of the molecule is O=Cc1ccc(OCCC[P+](c2ccccc2)(c2ccccc2)c2ccccc2)cc1. The molecule has 0 saturated heterocycles. The zero-order valence-electron chi connectivity index (χ0n) is 17.4. The van der Waals surface area contributed by atoms with Crippen molar-refractivity contribution in [2.75, 3.05) is 12.8 Å². The summed E-state index contributed by atoms with van der Waals surface area (Å²) in [7, 11) is -1.81. The first kappa shape index (κ1) is 21.0. The summed E-state index contributed by atoms with van der Waals surface area (Å²) in [6.07, 6.45) is 2.81.